The zero-order chi connectivity index (χ0) is 15.3. The Balaban J connectivity index is 2.95. The molecule has 20 heavy (non-hydrogen) atoms. The molecule has 2 N–H and O–H groups in total. The molecule has 0 aliphatic carbocycles. The number of nitrogens with zero attached hydrogens (tertiary/aromatic N) is 2. The minimum absolute atomic E-state index is 0.0697. The highest BCUT2D eigenvalue weighted by Gasteiger charge is 2.30. The molecule has 0 radical (unpaired) electrons. The van der Waals surface area contributed by atoms with Crippen molar-refractivity contribution in [2.75, 3.05) is 13.6 Å². The van der Waals surface area contributed by atoms with Crippen LogP contribution >= 0.6 is 0 Å². The van der Waals surface area contributed by atoms with E-state index in [1.54, 1.807) is 13.2 Å². The first-order valence-electron chi connectivity index (χ1n) is 7.03. The zero-order valence-electron chi connectivity index (χ0n) is 13.0. The van der Waals surface area contributed by atoms with Crippen LogP contribution in [0, 0.1) is 5.92 Å². The van der Waals surface area contributed by atoms with Gasteiger partial charge in [0.15, 0.2) is 5.03 Å². The van der Waals surface area contributed by atoms with Gasteiger partial charge >= 0.3 is 0 Å². The minimum Gasteiger partial charge on any atom is -0.313 e. The molecule has 1 rings (SSSR count). The summed E-state index contributed by atoms with van der Waals surface area (Å²) in [5.74, 6) is 0.249. The Kier molecular flexibility index (Phi) is 6.16. The molecule has 0 aliphatic rings. The van der Waals surface area contributed by atoms with Crippen LogP contribution in [-0.2, 0) is 16.6 Å². The van der Waals surface area contributed by atoms with Gasteiger partial charge < -0.3 is 5.32 Å². The van der Waals surface area contributed by atoms with Gasteiger partial charge in [-0.3, -0.25) is 5.10 Å². The predicted octanol–water partition coefficient (Wildman–Crippen LogP) is 1.57. The van der Waals surface area contributed by atoms with Gasteiger partial charge in [-0.05, 0) is 25.8 Å². The van der Waals surface area contributed by atoms with Crippen molar-refractivity contribution in [1.29, 1.82) is 0 Å². The Hall–Kier alpha value is -0.920. The van der Waals surface area contributed by atoms with Crippen molar-refractivity contribution in [2.45, 2.75) is 51.7 Å². The van der Waals surface area contributed by atoms with Gasteiger partial charge in [-0.1, -0.05) is 20.8 Å². The fourth-order valence-corrected chi connectivity index (χ4v) is 3.42. The normalized spacial score (nSPS) is 14.2. The van der Waals surface area contributed by atoms with Crippen LogP contribution in [0.1, 0.15) is 39.7 Å². The maximum atomic E-state index is 12.6. The van der Waals surface area contributed by atoms with Crippen molar-refractivity contribution in [3.05, 3.63) is 11.8 Å². The summed E-state index contributed by atoms with van der Waals surface area (Å²) in [5, 5.41) is 9.90. The first-order chi connectivity index (χ1) is 9.32. The van der Waals surface area contributed by atoms with E-state index in [1.165, 1.54) is 4.31 Å². The number of H-pyrrole nitrogens is 1. The van der Waals surface area contributed by atoms with E-state index in [2.05, 4.69) is 22.4 Å². The van der Waals surface area contributed by atoms with Gasteiger partial charge in [-0.25, -0.2) is 8.42 Å². The first-order valence-corrected chi connectivity index (χ1v) is 8.47. The number of aromatic amines is 1. The van der Waals surface area contributed by atoms with Crippen LogP contribution in [0.2, 0.25) is 0 Å². The standard InChI is InChI=1S/C13H26N4O2S/c1-6-7-14-8-12-9-15-16-13(12)20(18,19)17(5)11(4)10(2)3/h9-11,14H,6-8H2,1-5H3,(H,15,16). The first kappa shape index (κ1) is 17.1. The molecular formula is C13H26N4O2S. The van der Waals surface area contributed by atoms with Gasteiger partial charge in [0.2, 0.25) is 0 Å². The lowest BCUT2D eigenvalue weighted by atomic mass is 10.1. The van der Waals surface area contributed by atoms with Gasteiger partial charge in [0.25, 0.3) is 10.0 Å². The fraction of sp³-hybridized carbons (Fsp3) is 0.769. The van der Waals surface area contributed by atoms with Gasteiger partial charge in [-0.2, -0.15) is 9.40 Å². The lowest BCUT2D eigenvalue weighted by molar-refractivity contribution is 0.314. The van der Waals surface area contributed by atoms with Gasteiger partial charge in [0.1, 0.15) is 0 Å². The lowest BCUT2D eigenvalue weighted by Gasteiger charge is -2.26. The van der Waals surface area contributed by atoms with E-state index in [4.69, 9.17) is 0 Å². The van der Waals surface area contributed by atoms with Crippen molar-refractivity contribution >= 4 is 10.0 Å². The van der Waals surface area contributed by atoms with Crippen molar-refractivity contribution in [2.24, 2.45) is 5.92 Å². The summed E-state index contributed by atoms with van der Waals surface area (Å²) < 4.78 is 26.7. The second kappa shape index (κ2) is 7.19. The maximum absolute atomic E-state index is 12.6. The molecule has 1 aromatic rings. The van der Waals surface area contributed by atoms with Gasteiger partial charge in [0, 0.05) is 25.2 Å². The van der Waals surface area contributed by atoms with E-state index < -0.39 is 10.0 Å². The summed E-state index contributed by atoms with van der Waals surface area (Å²) in [5.41, 5.74) is 0.682. The number of hydrogen-bond donors (Lipinski definition) is 2. The highest BCUT2D eigenvalue weighted by molar-refractivity contribution is 7.89. The molecule has 0 bridgehead atoms. The summed E-state index contributed by atoms with van der Waals surface area (Å²) in [4.78, 5) is 0. The van der Waals surface area contributed by atoms with Crippen LogP contribution in [0.5, 0.6) is 0 Å². The van der Waals surface area contributed by atoms with Crippen LogP contribution in [0.3, 0.4) is 0 Å². The van der Waals surface area contributed by atoms with Crippen molar-refractivity contribution in [3.63, 3.8) is 0 Å². The van der Waals surface area contributed by atoms with E-state index in [0.717, 1.165) is 13.0 Å². The monoisotopic (exact) mass is 302 g/mol. The minimum atomic E-state index is -3.53. The highest BCUT2D eigenvalue weighted by Crippen LogP contribution is 2.21. The maximum Gasteiger partial charge on any atom is 0.260 e. The average molecular weight is 302 g/mol. The van der Waals surface area contributed by atoms with Crippen LogP contribution < -0.4 is 5.32 Å². The molecule has 0 fully saturated rings. The molecule has 0 saturated carbocycles. The Labute approximate surface area is 122 Å². The highest BCUT2D eigenvalue weighted by atomic mass is 32.2. The average Bonchev–Trinajstić information content (AvgIpc) is 2.86. The van der Waals surface area contributed by atoms with Crippen LogP contribution in [0.25, 0.3) is 0 Å². The Bertz CT molecular complexity index is 510. The van der Waals surface area contributed by atoms with Crippen molar-refractivity contribution in [3.8, 4) is 0 Å². The molecule has 116 valence electrons. The largest absolute Gasteiger partial charge is 0.313 e. The lowest BCUT2D eigenvalue weighted by Crippen LogP contribution is -2.38. The Morgan fingerprint density at radius 1 is 1.40 bits per heavy atom. The molecule has 1 aromatic heterocycles. The fourth-order valence-electron chi connectivity index (χ4n) is 1.83. The van der Waals surface area contributed by atoms with Crippen molar-refractivity contribution < 1.29 is 8.42 Å². The third-order valence-electron chi connectivity index (χ3n) is 3.60. The summed E-state index contributed by atoms with van der Waals surface area (Å²) in [7, 11) is -1.92. The second-order valence-electron chi connectivity index (χ2n) is 5.41. The molecule has 6 nitrogen and oxygen atoms in total. The molecule has 0 spiro atoms. The smallest absolute Gasteiger partial charge is 0.260 e. The topological polar surface area (TPSA) is 78.1 Å². The Morgan fingerprint density at radius 3 is 2.60 bits per heavy atom. The summed E-state index contributed by atoms with van der Waals surface area (Å²) >= 11 is 0. The molecule has 0 aromatic carbocycles. The summed E-state index contributed by atoms with van der Waals surface area (Å²) in [6.07, 6.45) is 2.58. The van der Waals surface area contributed by atoms with Crippen LogP contribution in [0.15, 0.2) is 11.2 Å². The third-order valence-corrected chi connectivity index (χ3v) is 5.56. The van der Waals surface area contributed by atoms with E-state index >= 15 is 0 Å². The second-order valence-corrected chi connectivity index (χ2v) is 7.34. The number of aromatic nitrogens is 2. The molecule has 1 atom stereocenters. The third kappa shape index (κ3) is 3.80. The van der Waals surface area contributed by atoms with Crippen LogP contribution in [-0.4, -0.2) is 42.6 Å². The SMILES string of the molecule is CCCNCc1cn[nH]c1S(=O)(=O)N(C)C(C)C(C)C. The number of sulfonamides is 1. The summed E-state index contributed by atoms with van der Waals surface area (Å²) in [6, 6.07) is -0.0697. The molecule has 0 aliphatic heterocycles. The van der Waals surface area contributed by atoms with Gasteiger partial charge in [0.05, 0.1) is 6.20 Å². The molecule has 0 amide bonds. The Morgan fingerprint density at radius 2 is 2.05 bits per heavy atom. The van der Waals surface area contributed by atoms with E-state index in [-0.39, 0.29) is 17.0 Å². The molecule has 1 heterocycles. The summed E-state index contributed by atoms with van der Waals surface area (Å²) in [6.45, 7) is 9.35. The van der Waals surface area contributed by atoms with Crippen LogP contribution in [0.4, 0.5) is 0 Å². The number of nitrogens with one attached hydrogen (secondary N) is 2. The van der Waals surface area contributed by atoms with E-state index in [0.29, 0.717) is 12.1 Å². The van der Waals surface area contributed by atoms with E-state index in [9.17, 15) is 8.42 Å². The molecule has 0 saturated heterocycles. The van der Waals surface area contributed by atoms with E-state index in [1.807, 2.05) is 20.8 Å². The molecule has 1 unspecified atom stereocenters. The molecule has 7 heteroatoms. The predicted molar refractivity (Wildman–Crippen MR) is 79.8 cm³/mol. The zero-order valence-corrected chi connectivity index (χ0v) is 13.8. The quantitative estimate of drug-likeness (QED) is 0.715. The number of hydrogen-bond acceptors (Lipinski definition) is 4. The van der Waals surface area contributed by atoms with Crippen molar-refractivity contribution in [1.82, 2.24) is 19.8 Å². The number of rotatable bonds is 8. The molecular weight excluding hydrogens is 276 g/mol. The van der Waals surface area contributed by atoms with Gasteiger partial charge in [-0.15, -0.1) is 0 Å².